The van der Waals surface area contributed by atoms with Gasteiger partial charge in [0.2, 0.25) is 0 Å². The molecule has 1 heterocycles. The number of carbonyl (C=O) groups is 2. The second-order valence-corrected chi connectivity index (χ2v) is 6.26. The van der Waals surface area contributed by atoms with Crippen molar-refractivity contribution in [1.29, 1.82) is 0 Å². The van der Waals surface area contributed by atoms with Crippen LogP contribution < -0.4 is 0 Å². The van der Waals surface area contributed by atoms with Crippen molar-refractivity contribution >= 4 is 28.0 Å². The van der Waals surface area contributed by atoms with Crippen LogP contribution in [0.2, 0.25) is 0 Å². The Kier molecular flexibility index (Phi) is 4.79. The van der Waals surface area contributed by atoms with Gasteiger partial charge in [0, 0.05) is 10.7 Å². The van der Waals surface area contributed by atoms with E-state index < -0.39 is 17.7 Å². The van der Waals surface area contributed by atoms with Crippen molar-refractivity contribution in [1.82, 2.24) is 4.57 Å². The molecular weight excluding hydrogens is 314 g/mol. The maximum absolute atomic E-state index is 12.0. The summed E-state index contributed by atoms with van der Waals surface area (Å²) in [7, 11) is 0. The van der Waals surface area contributed by atoms with Crippen molar-refractivity contribution in [3.63, 3.8) is 0 Å². The number of ether oxygens (including phenoxy) is 2. The van der Waals surface area contributed by atoms with Gasteiger partial charge in [-0.1, -0.05) is 0 Å². The normalized spacial score (nSPS) is 11.5. The van der Waals surface area contributed by atoms with E-state index in [1.165, 1.54) is 12.3 Å². The summed E-state index contributed by atoms with van der Waals surface area (Å²) in [6, 6.07) is 1.52. The number of carbonyl (C=O) groups excluding carboxylic acids is 2. The first-order chi connectivity index (χ1) is 8.60. The summed E-state index contributed by atoms with van der Waals surface area (Å²) in [6.45, 7) is 8.77. The third-order valence-corrected chi connectivity index (χ3v) is 2.36. The van der Waals surface area contributed by atoms with Gasteiger partial charge in [0.25, 0.3) is 0 Å². The number of nitrogens with zero attached hydrogens (tertiary/aromatic N) is 1. The molecule has 0 spiro atoms. The second-order valence-electron chi connectivity index (χ2n) is 5.35. The van der Waals surface area contributed by atoms with Gasteiger partial charge in [0.1, 0.15) is 11.3 Å². The highest BCUT2D eigenvalue weighted by Crippen LogP contribution is 2.18. The third-order valence-electron chi connectivity index (χ3n) is 1.93. The lowest BCUT2D eigenvalue weighted by Crippen LogP contribution is -2.29. The molecule has 0 radical (unpaired) electrons. The molecule has 0 unspecified atom stereocenters. The van der Waals surface area contributed by atoms with Crippen LogP contribution in [0, 0.1) is 0 Å². The minimum Gasteiger partial charge on any atom is -0.458 e. The van der Waals surface area contributed by atoms with E-state index >= 15 is 0 Å². The molecule has 0 saturated carbocycles. The number of rotatable bonds is 2. The molecule has 0 atom stereocenters. The fourth-order valence-corrected chi connectivity index (χ4v) is 1.75. The molecular formula is C13H18BrNO4. The van der Waals surface area contributed by atoms with E-state index in [2.05, 4.69) is 15.9 Å². The minimum atomic E-state index is -0.632. The number of halogens is 1. The molecule has 0 fully saturated rings. The van der Waals surface area contributed by atoms with Gasteiger partial charge in [0.15, 0.2) is 0 Å². The monoisotopic (exact) mass is 331 g/mol. The standard InChI is InChI=1S/C13H18BrNO4/c1-8(2)18-11(16)10-6-9(14)7-15(10)12(17)19-13(3,4)5/h6-8H,1-5H3. The summed E-state index contributed by atoms with van der Waals surface area (Å²) in [5.41, 5.74) is -0.498. The van der Waals surface area contributed by atoms with Crippen molar-refractivity contribution in [2.45, 2.75) is 46.3 Å². The van der Waals surface area contributed by atoms with E-state index in [1.54, 1.807) is 34.6 Å². The van der Waals surface area contributed by atoms with Crippen molar-refractivity contribution in [2.75, 3.05) is 0 Å². The highest BCUT2D eigenvalue weighted by Gasteiger charge is 2.24. The van der Waals surface area contributed by atoms with Crippen LogP contribution in [0.15, 0.2) is 16.7 Å². The van der Waals surface area contributed by atoms with Crippen LogP contribution in [0.5, 0.6) is 0 Å². The third kappa shape index (κ3) is 4.70. The van der Waals surface area contributed by atoms with E-state index in [-0.39, 0.29) is 11.8 Å². The fourth-order valence-electron chi connectivity index (χ4n) is 1.32. The molecule has 0 aromatic carbocycles. The van der Waals surface area contributed by atoms with Gasteiger partial charge < -0.3 is 9.47 Å². The molecule has 0 aliphatic heterocycles. The molecule has 1 rings (SSSR count). The predicted molar refractivity (Wildman–Crippen MR) is 74.3 cm³/mol. The summed E-state index contributed by atoms with van der Waals surface area (Å²) in [4.78, 5) is 23.9. The van der Waals surface area contributed by atoms with E-state index in [9.17, 15) is 9.59 Å². The first kappa shape index (κ1) is 15.8. The molecule has 0 saturated heterocycles. The van der Waals surface area contributed by atoms with Gasteiger partial charge in [0.05, 0.1) is 6.10 Å². The zero-order valence-corrected chi connectivity index (χ0v) is 13.3. The summed E-state index contributed by atoms with van der Waals surface area (Å²) in [5, 5.41) is 0. The molecule has 0 N–H and O–H groups in total. The largest absolute Gasteiger partial charge is 0.458 e. The lowest BCUT2D eigenvalue weighted by Gasteiger charge is -2.20. The summed E-state index contributed by atoms with van der Waals surface area (Å²) in [5.74, 6) is -0.563. The Morgan fingerprint density at radius 2 is 1.89 bits per heavy atom. The first-order valence-corrected chi connectivity index (χ1v) is 6.71. The molecule has 1 aromatic heterocycles. The molecule has 19 heavy (non-hydrogen) atoms. The van der Waals surface area contributed by atoms with Gasteiger partial charge in [-0.3, -0.25) is 0 Å². The smallest absolute Gasteiger partial charge is 0.419 e. The number of esters is 1. The van der Waals surface area contributed by atoms with E-state index in [0.29, 0.717) is 4.47 Å². The minimum absolute atomic E-state index is 0.134. The van der Waals surface area contributed by atoms with Crippen LogP contribution >= 0.6 is 15.9 Å². The molecule has 0 amide bonds. The van der Waals surface area contributed by atoms with Gasteiger partial charge in [-0.25, -0.2) is 14.2 Å². The van der Waals surface area contributed by atoms with Gasteiger partial charge in [-0.2, -0.15) is 0 Å². The molecule has 6 heteroatoms. The maximum atomic E-state index is 12.0. The van der Waals surface area contributed by atoms with E-state index in [4.69, 9.17) is 9.47 Å². The van der Waals surface area contributed by atoms with Crippen LogP contribution in [0.1, 0.15) is 45.1 Å². The summed E-state index contributed by atoms with van der Waals surface area (Å²) in [6.07, 6.45) is 0.604. The van der Waals surface area contributed by atoms with Crippen LogP contribution in [0.4, 0.5) is 4.79 Å². The second kappa shape index (κ2) is 5.77. The zero-order chi connectivity index (χ0) is 14.8. The Hall–Kier alpha value is -1.30. The Labute approximate surface area is 121 Å². The van der Waals surface area contributed by atoms with Gasteiger partial charge in [-0.05, 0) is 56.6 Å². The molecule has 0 bridgehead atoms. The summed E-state index contributed by atoms with van der Waals surface area (Å²) < 4.78 is 12.1. The molecule has 0 aliphatic carbocycles. The van der Waals surface area contributed by atoms with Crippen molar-refractivity contribution in [3.05, 3.63) is 22.4 Å². The Balaban J connectivity index is 3.02. The van der Waals surface area contributed by atoms with E-state index in [0.717, 1.165) is 4.57 Å². The maximum Gasteiger partial charge on any atom is 0.419 e. The Bertz CT molecular complexity index is 485. The highest BCUT2D eigenvalue weighted by atomic mass is 79.9. The fraction of sp³-hybridized carbons (Fsp3) is 0.538. The van der Waals surface area contributed by atoms with Crippen LogP contribution in [-0.4, -0.2) is 28.3 Å². The van der Waals surface area contributed by atoms with Crippen molar-refractivity contribution < 1.29 is 19.1 Å². The average molecular weight is 332 g/mol. The molecule has 0 aliphatic rings. The number of hydrogen-bond donors (Lipinski definition) is 0. The summed E-state index contributed by atoms with van der Waals surface area (Å²) >= 11 is 3.23. The van der Waals surface area contributed by atoms with Gasteiger partial charge in [-0.15, -0.1) is 0 Å². The predicted octanol–water partition coefficient (Wildman–Crippen LogP) is 3.60. The van der Waals surface area contributed by atoms with Crippen LogP contribution in [-0.2, 0) is 9.47 Å². The molecule has 5 nitrogen and oxygen atoms in total. The van der Waals surface area contributed by atoms with Crippen LogP contribution in [0.3, 0.4) is 0 Å². The topological polar surface area (TPSA) is 57.5 Å². The average Bonchev–Trinajstić information content (AvgIpc) is 2.56. The SMILES string of the molecule is CC(C)OC(=O)c1cc(Br)cn1C(=O)OC(C)(C)C. The van der Waals surface area contributed by atoms with Crippen molar-refractivity contribution in [2.24, 2.45) is 0 Å². The Morgan fingerprint density at radius 3 is 2.37 bits per heavy atom. The van der Waals surface area contributed by atoms with Gasteiger partial charge >= 0.3 is 12.1 Å². The first-order valence-electron chi connectivity index (χ1n) is 5.92. The Morgan fingerprint density at radius 1 is 1.32 bits per heavy atom. The number of hydrogen-bond acceptors (Lipinski definition) is 4. The lowest BCUT2D eigenvalue weighted by molar-refractivity contribution is 0.0338. The highest BCUT2D eigenvalue weighted by molar-refractivity contribution is 9.10. The van der Waals surface area contributed by atoms with Crippen molar-refractivity contribution in [3.8, 4) is 0 Å². The molecule has 1 aromatic rings. The number of aromatic nitrogens is 1. The quantitative estimate of drug-likeness (QED) is 0.777. The molecule has 106 valence electrons. The zero-order valence-electron chi connectivity index (χ0n) is 11.7. The van der Waals surface area contributed by atoms with E-state index in [1.807, 2.05) is 0 Å². The van der Waals surface area contributed by atoms with Crippen LogP contribution in [0.25, 0.3) is 0 Å². The lowest BCUT2D eigenvalue weighted by atomic mass is 10.2.